The number of benzene rings is 1. The van der Waals surface area contributed by atoms with Gasteiger partial charge in [-0.3, -0.25) is 4.79 Å². The number of hydrogen-bond donors (Lipinski definition) is 0. The first-order valence-electron chi connectivity index (χ1n) is 8.04. The molecule has 8 heteroatoms. The molecule has 1 atom stereocenters. The molecule has 0 bridgehead atoms. The molecule has 1 amide bonds. The van der Waals surface area contributed by atoms with Gasteiger partial charge in [-0.15, -0.1) is 5.10 Å². The number of carbonyl (C=O) groups is 1. The number of hydrogen-bond acceptors (Lipinski definition) is 6. The number of methoxy groups -OCH3 is 1. The van der Waals surface area contributed by atoms with Gasteiger partial charge in [-0.1, -0.05) is 23.9 Å². The maximum absolute atomic E-state index is 12.5. The van der Waals surface area contributed by atoms with Crippen molar-refractivity contribution in [1.82, 2.24) is 25.1 Å². The summed E-state index contributed by atoms with van der Waals surface area (Å²) in [7, 11) is 1.61. The number of amides is 1. The Morgan fingerprint density at radius 2 is 2.21 bits per heavy atom. The molecule has 2 heterocycles. The van der Waals surface area contributed by atoms with Crippen LogP contribution < -0.4 is 4.74 Å². The van der Waals surface area contributed by atoms with Crippen LogP contribution in [0, 0.1) is 0 Å². The first-order chi connectivity index (χ1) is 11.7. The van der Waals surface area contributed by atoms with E-state index in [4.69, 9.17) is 4.74 Å². The fraction of sp³-hybridized carbons (Fsp3) is 0.500. The summed E-state index contributed by atoms with van der Waals surface area (Å²) in [6.07, 6.45) is 3.36. The van der Waals surface area contributed by atoms with Gasteiger partial charge in [0, 0.05) is 12.6 Å². The highest BCUT2D eigenvalue weighted by atomic mass is 32.2. The van der Waals surface area contributed by atoms with Crippen LogP contribution in [0.3, 0.4) is 0 Å². The molecule has 1 fully saturated rings. The molecular weight excluding hydrogens is 326 g/mol. The minimum Gasteiger partial charge on any atom is -0.494 e. The first kappa shape index (κ1) is 16.8. The summed E-state index contributed by atoms with van der Waals surface area (Å²) in [5, 5.41) is 12.4. The van der Waals surface area contributed by atoms with Crippen molar-refractivity contribution in [3.05, 3.63) is 24.3 Å². The average Bonchev–Trinajstić information content (AvgIpc) is 3.08. The van der Waals surface area contributed by atoms with Crippen LogP contribution in [0.5, 0.6) is 5.75 Å². The summed E-state index contributed by atoms with van der Waals surface area (Å²) < 4.78 is 6.97. The number of nitrogens with zero attached hydrogens (tertiary/aromatic N) is 5. The van der Waals surface area contributed by atoms with Crippen molar-refractivity contribution >= 4 is 17.7 Å². The standard InChI is InChI=1S/C16H21N5O2S/c1-12-7-5-6-10-20(12)15(22)11-24-16-17-18-19-21(16)13-8-3-4-9-14(13)23-2/h3-4,8-9,12H,5-7,10-11H2,1-2H3. The summed E-state index contributed by atoms with van der Waals surface area (Å²) >= 11 is 1.35. The number of carbonyl (C=O) groups excluding carboxylic acids is 1. The second-order valence-corrected chi connectivity index (χ2v) is 6.71. The number of piperidine rings is 1. The molecule has 1 saturated heterocycles. The van der Waals surface area contributed by atoms with Crippen molar-refractivity contribution in [2.45, 2.75) is 37.4 Å². The molecule has 2 aromatic rings. The van der Waals surface area contributed by atoms with Crippen LogP contribution in [0.25, 0.3) is 5.69 Å². The highest BCUT2D eigenvalue weighted by molar-refractivity contribution is 7.99. The largest absolute Gasteiger partial charge is 0.494 e. The maximum Gasteiger partial charge on any atom is 0.233 e. The molecule has 0 radical (unpaired) electrons. The molecule has 0 spiro atoms. The Morgan fingerprint density at radius 3 is 3.00 bits per heavy atom. The van der Waals surface area contributed by atoms with E-state index in [1.807, 2.05) is 29.2 Å². The molecule has 24 heavy (non-hydrogen) atoms. The Kier molecular flexibility index (Phi) is 5.34. The van der Waals surface area contributed by atoms with Gasteiger partial charge in [0.15, 0.2) is 0 Å². The van der Waals surface area contributed by atoms with E-state index in [0.29, 0.717) is 22.7 Å². The molecule has 128 valence electrons. The van der Waals surface area contributed by atoms with Crippen molar-refractivity contribution in [2.75, 3.05) is 19.4 Å². The van der Waals surface area contributed by atoms with Gasteiger partial charge < -0.3 is 9.64 Å². The van der Waals surface area contributed by atoms with Gasteiger partial charge in [0.2, 0.25) is 11.1 Å². The topological polar surface area (TPSA) is 73.1 Å². The molecular formula is C16H21N5O2S. The molecule has 1 unspecified atom stereocenters. The smallest absolute Gasteiger partial charge is 0.233 e. The van der Waals surface area contributed by atoms with Crippen molar-refractivity contribution in [3.8, 4) is 11.4 Å². The van der Waals surface area contributed by atoms with Crippen molar-refractivity contribution in [3.63, 3.8) is 0 Å². The molecule has 1 aliphatic heterocycles. The minimum absolute atomic E-state index is 0.141. The highest BCUT2D eigenvalue weighted by Crippen LogP contribution is 2.26. The SMILES string of the molecule is COc1ccccc1-n1nnnc1SCC(=O)N1CCCCC1C. The van der Waals surface area contributed by atoms with Crippen LogP contribution in [0.1, 0.15) is 26.2 Å². The Morgan fingerprint density at radius 1 is 1.38 bits per heavy atom. The van der Waals surface area contributed by atoms with Gasteiger partial charge in [0.25, 0.3) is 0 Å². The molecule has 1 aliphatic rings. The zero-order chi connectivity index (χ0) is 16.9. The van der Waals surface area contributed by atoms with E-state index in [2.05, 4.69) is 22.4 Å². The Hall–Kier alpha value is -2.09. The van der Waals surface area contributed by atoms with E-state index in [9.17, 15) is 4.79 Å². The number of para-hydroxylation sites is 2. The normalized spacial score (nSPS) is 17.8. The van der Waals surface area contributed by atoms with Crippen LogP contribution in [0.4, 0.5) is 0 Å². The van der Waals surface area contributed by atoms with E-state index in [0.717, 1.165) is 25.1 Å². The van der Waals surface area contributed by atoms with E-state index in [1.165, 1.54) is 18.2 Å². The van der Waals surface area contributed by atoms with E-state index < -0.39 is 0 Å². The lowest BCUT2D eigenvalue weighted by atomic mass is 10.0. The Balaban J connectivity index is 1.71. The van der Waals surface area contributed by atoms with Gasteiger partial charge in [0.1, 0.15) is 11.4 Å². The molecule has 0 aliphatic carbocycles. The van der Waals surface area contributed by atoms with Crippen LogP contribution >= 0.6 is 11.8 Å². The van der Waals surface area contributed by atoms with Crippen LogP contribution in [-0.2, 0) is 4.79 Å². The highest BCUT2D eigenvalue weighted by Gasteiger charge is 2.24. The average molecular weight is 347 g/mol. The molecule has 1 aromatic heterocycles. The lowest BCUT2D eigenvalue weighted by molar-refractivity contribution is -0.131. The summed E-state index contributed by atoms with van der Waals surface area (Å²) in [6, 6.07) is 7.84. The predicted octanol–water partition coefficient (Wildman–Crippen LogP) is 2.16. The van der Waals surface area contributed by atoms with Gasteiger partial charge >= 0.3 is 0 Å². The molecule has 0 N–H and O–H groups in total. The van der Waals surface area contributed by atoms with Crippen molar-refractivity contribution in [1.29, 1.82) is 0 Å². The minimum atomic E-state index is 0.141. The van der Waals surface area contributed by atoms with Crippen LogP contribution in [0.15, 0.2) is 29.4 Å². The molecule has 1 aromatic carbocycles. The number of aromatic nitrogens is 4. The molecule has 0 saturated carbocycles. The number of likely N-dealkylation sites (tertiary alicyclic amines) is 1. The summed E-state index contributed by atoms with van der Waals surface area (Å²) in [5.41, 5.74) is 0.756. The Bertz CT molecular complexity index is 705. The predicted molar refractivity (Wildman–Crippen MR) is 91.5 cm³/mol. The van der Waals surface area contributed by atoms with E-state index in [1.54, 1.807) is 11.8 Å². The van der Waals surface area contributed by atoms with Gasteiger partial charge in [-0.2, -0.15) is 4.68 Å². The summed E-state index contributed by atoms with van der Waals surface area (Å²) in [4.78, 5) is 14.4. The van der Waals surface area contributed by atoms with E-state index >= 15 is 0 Å². The number of rotatable bonds is 5. The third-order valence-corrected chi connectivity index (χ3v) is 5.11. The quantitative estimate of drug-likeness (QED) is 0.772. The third kappa shape index (κ3) is 3.53. The van der Waals surface area contributed by atoms with Crippen LogP contribution in [0.2, 0.25) is 0 Å². The second-order valence-electron chi connectivity index (χ2n) is 5.77. The second kappa shape index (κ2) is 7.65. The van der Waals surface area contributed by atoms with Gasteiger partial charge in [-0.25, -0.2) is 0 Å². The first-order valence-corrected chi connectivity index (χ1v) is 9.03. The van der Waals surface area contributed by atoms with Crippen LogP contribution in [-0.4, -0.2) is 56.5 Å². The third-order valence-electron chi connectivity index (χ3n) is 4.20. The summed E-state index contributed by atoms with van der Waals surface area (Å²) in [5.74, 6) is 1.16. The maximum atomic E-state index is 12.5. The molecule has 7 nitrogen and oxygen atoms in total. The monoisotopic (exact) mass is 347 g/mol. The zero-order valence-corrected chi connectivity index (χ0v) is 14.7. The van der Waals surface area contributed by atoms with E-state index in [-0.39, 0.29) is 5.91 Å². The fourth-order valence-electron chi connectivity index (χ4n) is 2.90. The number of thioether (sulfide) groups is 1. The molecule has 3 rings (SSSR count). The lowest BCUT2D eigenvalue weighted by Crippen LogP contribution is -2.42. The number of tetrazole rings is 1. The lowest BCUT2D eigenvalue weighted by Gasteiger charge is -2.33. The Labute approximate surface area is 145 Å². The summed E-state index contributed by atoms with van der Waals surface area (Å²) in [6.45, 7) is 2.96. The fourth-order valence-corrected chi connectivity index (χ4v) is 3.67. The van der Waals surface area contributed by atoms with Gasteiger partial charge in [0.05, 0.1) is 12.9 Å². The zero-order valence-electron chi connectivity index (χ0n) is 13.9. The van der Waals surface area contributed by atoms with Gasteiger partial charge in [-0.05, 0) is 48.7 Å². The van der Waals surface area contributed by atoms with Crippen molar-refractivity contribution in [2.24, 2.45) is 0 Å². The number of ether oxygens (including phenoxy) is 1. The van der Waals surface area contributed by atoms with Crippen molar-refractivity contribution < 1.29 is 9.53 Å².